The molecule has 3 rings (SSSR count). The van der Waals surface area contributed by atoms with Crippen molar-refractivity contribution >= 4 is 46.5 Å². The van der Waals surface area contributed by atoms with Gasteiger partial charge in [0.05, 0.1) is 10.6 Å². The summed E-state index contributed by atoms with van der Waals surface area (Å²) in [5, 5.41) is 6.61. The molecule has 30 heavy (non-hydrogen) atoms. The van der Waals surface area contributed by atoms with Crippen molar-refractivity contribution in [2.24, 2.45) is 0 Å². The number of piperazine rings is 1. The normalized spacial score (nSPS) is 13.8. The molecule has 0 atom stereocenters. The van der Waals surface area contributed by atoms with Gasteiger partial charge < -0.3 is 20.4 Å². The van der Waals surface area contributed by atoms with Crippen LogP contribution in [0.25, 0.3) is 0 Å². The average Bonchev–Trinajstić information content (AvgIpc) is 2.74. The van der Waals surface area contributed by atoms with Crippen LogP contribution in [0.1, 0.15) is 30.1 Å². The van der Waals surface area contributed by atoms with Crippen LogP contribution in [-0.4, -0.2) is 49.6 Å². The second-order valence-corrected chi connectivity index (χ2v) is 8.03. The van der Waals surface area contributed by atoms with Gasteiger partial charge in [-0.1, -0.05) is 36.5 Å². The zero-order valence-corrected chi connectivity index (χ0v) is 18.5. The Morgan fingerprint density at radius 1 is 1.00 bits per heavy atom. The smallest absolute Gasteiger partial charge is 0.317 e. The Bertz CT molecular complexity index is 881. The van der Waals surface area contributed by atoms with Crippen molar-refractivity contribution < 1.29 is 9.59 Å². The fourth-order valence-electron chi connectivity index (χ4n) is 3.28. The SMILES string of the molecule is CCCCNC(=O)N1CCN(c2ccc(NC(=O)c3ccc(Cl)cc3Cl)cc2)CC1. The number of halogens is 2. The van der Waals surface area contributed by atoms with E-state index < -0.39 is 0 Å². The lowest BCUT2D eigenvalue weighted by Gasteiger charge is -2.36. The summed E-state index contributed by atoms with van der Waals surface area (Å²) in [7, 11) is 0. The van der Waals surface area contributed by atoms with Gasteiger partial charge in [0.2, 0.25) is 0 Å². The number of urea groups is 1. The Balaban J connectivity index is 1.52. The maximum atomic E-state index is 12.4. The van der Waals surface area contributed by atoms with Gasteiger partial charge in [0.25, 0.3) is 5.91 Å². The van der Waals surface area contributed by atoms with Crippen LogP contribution in [0.3, 0.4) is 0 Å². The maximum Gasteiger partial charge on any atom is 0.317 e. The molecule has 2 N–H and O–H groups in total. The first-order chi connectivity index (χ1) is 14.5. The number of anilines is 2. The molecule has 1 aliphatic rings. The van der Waals surface area contributed by atoms with Gasteiger partial charge in [-0.2, -0.15) is 0 Å². The molecule has 0 radical (unpaired) electrons. The van der Waals surface area contributed by atoms with E-state index in [0.29, 0.717) is 34.4 Å². The minimum Gasteiger partial charge on any atom is -0.368 e. The van der Waals surface area contributed by atoms with Crippen LogP contribution < -0.4 is 15.5 Å². The lowest BCUT2D eigenvalue weighted by atomic mass is 10.2. The Morgan fingerprint density at radius 3 is 2.33 bits per heavy atom. The van der Waals surface area contributed by atoms with Gasteiger partial charge in [-0.3, -0.25) is 4.79 Å². The molecule has 160 valence electrons. The van der Waals surface area contributed by atoms with Crippen LogP contribution in [0.2, 0.25) is 10.0 Å². The van der Waals surface area contributed by atoms with E-state index >= 15 is 0 Å². The highest BCUT2D eigenvalue weighted by Gasteiger charge is 2.21. The second kappa shape index (κ2) is 10.5. The fourth-order valence-corrected chi connectivity index (χ4v) is 3.77. The van der Waals surface area contributed by atoms with Gasteiger partial charge in [-0.15, -0.1) is 0 Å². The minimum absolute atomic E-state index is 0.0158. The van der Waals surface area contributed by atoms with Crippen LogP contribution in [0, 0.1) is 0 Å². The molecule has 1 saturated heterocycles. The topological polar surface area (TPSA) is 64.7 Å². The zero-order chi connectivity index (χ0) is 21.5. The molecule has 2 aromatic carbocycles. The standard InChI is InChI=1S/C22H26Cl2N4O2/c1-2-3-10-25-22(30)28-13-11-27(12-14-28)18-7-5-17(6-8-18)26-21(29)19-9-4-16(23)15-20(19)24/h4-9,15H,2-3,10-14H2,1H3,(H,25,30)(H,26,29). The summed E-state index contributed by atoms with van der Waals surface area (Å²) in [5.41, 5.74) is 2.12. The predicted octanol–water partition coefficient (Wildman–Crippen LogP) is 4.88. The van der Waals surface area contributed by atoms with Crippen LogP contribution in [0.15, 0.2) is 42.5 Å². The molecule has 0 aliphatic carbocycles. The first-order valence-corrected chi connectivity index (χ1v) is 10.9. The Hall–Kier alpha value is -2.44. The summed E-state index contributed by atoms with van der Waals surface area (Å²) in [6.07, 6.45) is 2.07. The highest BCUT2D eigenvalue weighted by atomic mass is 35.5. The third kappa shape index (κ3) is 5.80. The molecule has 8 heteroatoms. The lowest BCUT2D eigenvalue weighted by Crippen LogP contribution is -2.52. The summed E-state index contributed by atoms with van der Waals surface area (Å²) in [6, 6.07) is 12.5. The molecule has 1 fully saturated rings. The molecule has 1 aliphatic heterocycles. The van der Waals surface area contributed by atoms with E-state index in [1.807, 2.05) is 29.2 Å². The number of amides is 3. The van der Waals surface area contributed by atoms with E-state index in [2.05, 4.69) is 22.5 Å². The molecule has 6 nitrogen and oxygen atoms in total. The molecule has 0 aromatic heterocycles. The van der Waals surface area contributed by atoms with E-state index in [1.165, 1.54) is 0 Å². The van der Waals surface area contributed by atoms with Gasteiger partial charge in [0, 0.05) is 49.1 Å². The van der Waals surface area contributed by atoms with Crippen LogP contribution in [0.5, 0.6) is 0 Å². The molecule has 0 unspecified atom stereocenters. The number of unbranched alkanes of at least 4 members (excludes halogenated alkanes) is 1. The summed E-state index contributed by atoms with van der Waals surface area (Å²) >= 11 is 12.0. The van der Waals surface area contributed by atoms with Crippen molar-refractivity contribution in [2.75, 3.05) is 42.9 Å². The molecule has 1 heterocycles. The van der Waals surface area contributed by atoms with Gasteiger partial charge in [0.1, 0.15) is 0 Å². The fraction of sp³-hybridized carbons (Fsp3) is 0.364. The molecular weight excluding hydrogens is 423 g/mol. The van der Waals surface area contributed by atoms with Crippen molar-refractivity contribution in [1.29, 1.82) is 0 Å². The van der Waals surface area contributed by atoms with Crippen molar-refractivity contribution in [3.63, 3.8) is 0 Å². The number of carbonyl (C=O) groups excluding carboxylic acids is 2. The molecular formula is C22H26Cl2N4O2. The van der Waals surface area contributed by atoms with Crippen LogP contribution in [-0.2, 0) is 0 Å². The van der Waals surface area contributed by atoms with E-state index in [1.54, 1.807) is 18.2 Å². The molecule has 0 spiro atoms. The zero-order valence-electron chi connectivity index (χ0n) is 17.0. The Labute approximate surface area is 187 Å². The highest BCUT2D eigenvalue weighted by Crippen LogP contribution is 2.23. The average molecular weight is 449 g/mol. The number of rotatable bonds is 6. The van der Waals surface area contributed by atoms with E-state index in [4.69, 9.17) is 23.2 Å². The number of benzene rings is 2. The first kappa shape index (κ1) is 22.2. The third-order valence-corrected chi connectivity index (χ3v) is 5.59. The number of carbonyl (C=O) groups is 2. The predicted molar refractivity (Wildman–Crippen MR) is 123 cm³/mol. The summed E-state index contributed by atoms with van der Waals surface area (Å²) in [6.45, 7) is 5.75. The van der Waals surface area contributed by atoms with Gasteiger partial charge in [-0.25, -0.2) is 4.79 Å². The van der Waals surface area contributed by atoms with Crippen molar-refractivity contribution in [2.45, 2.75) is 19.8 Å². The quantitative estimate of drug-likeness (QED) is 0.618. The maximum absolute atomic E-state index is 12.4. The van der Waals surface area contributed by atoms with Gasteiger partial charge >= 0.3 is 6.03 Å². The minimum atomic E-state index is -0.285. The van der Waals surface area contributed by atoms with Crippen molar-refractivity contribution in [1.82, 2.24) is 10.2 Å². The number of hydrogen-bond donors (Lipinski definition) is 2. The number of hydrogen-bond acceptors (Lipinski definition) is 3. The van der Waals surface area contributed by atoms with Crippen molar-refractivity contribution in [3.8, 4) is 0 Å². The number of nitrogens with one attached hydrogen (secondary N) is 2. The summed E-state index contributed by atoms with van der Waals surface area (Å²) in [5.74, 6) is -0.285. The second-order valence-electron chi connectivity index (χ2n) is 7.18. The van der Waals surface area contributed by atoms with Crippen LogP contribution in [0.4, 0.5) is 16.2 Å². The van der Waals surface area contributed by atoms with E-state index in [0.717, 1.165) is 38.2 Å². The van der Waals surface area contributed by atoms with E-state index in [-0.39, 0.29) is 11.9 Å². The van der Waals surface area contributed by atoms with Gasteiger partial charge in [0.15, 0.2) is 0 Å². The monoisotopic (exact) mass is 448 g/mol. The Kier molecular flexibility index (Phi) is 7.82. The largest absolute Gasteiger partial charge is 0.368 e. The molecule has 3 amide bonds. The van der Waals surface area contributed by atoms with Gasteiger partial charge in [-0.05, 0) is 48.9 Å². The van der Waals surface area contributed by atoms with E-state index in [9.17, 15) is 9.59 Å². The first-order valence-electron chi connectivity index (χ1n) is 10.1. The lowest BCUT2D eigenvalue weighted by molar-refractivity contribution is 0.102. The number of nitrogens with zero attached hydrogens (tertiary/aromatic N) is 2. The Morgan fingerprint density at radius 2 is 1.70 bits per heavy atom. The molecule has 2 aromatic rings. The third-order valence-electron chi connectivity index (χ3n) is 5.04. The highest BCUT2D eigenvalue weighted by molar-refractivity contribution is 6.37. The van der Waals surface area contributed by atoms with Crippen LogP contribution >= 0.6 is 23.2 Å². The molecule has 0 bridgehead atoms. The van der Waals surface area contributed by atoms with Crippen molar-refractivity contribution in [3.05, 3.63) is 58.1 Å². The summed E-state index contributed by atoms with van der Waals surface area (Å²) in [4.78, 5) is 28.7. The summed E-state index contributed by atoms with van der Waals surface area (Å²) < 4.78 is 0. The molecule has 0 saturated carbocycles.